The minimum Gasteiger partial charge on any atom is -0.481 e. The van der Waals surface area contributed by atoms with Crippen LogP contribution in [0.25, 0.3) is 0 Å². The highest BCUT2D eigenvalue weighted by molar-refractivity contribution is 7.99. The van der Waals surface area contributed by atoms with Crippen molar-refractivity contribution in [3.8, 4) is 0 Å². The molecule has 2 atom stereocenters. The molecular formula is C10H19NO2S. The Kier molecular flexibility index (Phi) is 5.33. The molecule has 0 heterocycles. The zero-order valence-corrected chi connectivity index (χ0v) is 9.48. The second kappa shape index (κ2) is 6.30. The van der Waals surface area contributed by atoms with Crippen molar-refractivity contribution in [1.82, 2.24) is 5.32 Å². The third-order valence-corrected chi connectivity index (χ3v) is 3.79. The lowest BCUT2D eigenvalue weighted by molar-refractivity contribution is -0.136. The molecule has 1 aliphatic rings. The fourth-order valence-corrected chi connectivity index (χ4v) is 3.04. The summed E-state index contributed by atoms with van der Waals surface area (Å²) in [4.78, 5) is 10.3. The second-order valence-corrected chi connectivity index (χ2v) is 5.26. The molecular weight excluding hydrogens is 198 g/mol. The molecule has 82 valence electrons. The third kappa shape index (κ3) is 4.33. The van der Waals surface area contributed by atoms with Gasteiger partial charge in [0, 0.05) is 17.8 Å². The van der Waals surface area contributed by atoms with Crippen LogP contribution in [0.1, 0.15) is 32.6 Å². The van der Waals surface area contributed by atoms with Crippen molar-refractivity contribution in [2.45, 2.75) is 43.9 Å². The SMILES string of the molecule is CCSC1CCC(NCCC(=O)O)C1. The summed E-state index contributed by atoms with van der Waals surface area (Å²) in [7, 11) is 0. The van der Waals surface area contributed by atoms with E-state index < -0.39 is 5.97 Å². The summed E-state index contributed by atoms with van der Waals surface area (Å²) in [6, 6.07) is 0.554. The minimum atomic E-state index is -0.713. The topological polar surface area (TPSA) is 49.3 Å². The molecule has 1 saturated carbocycles. The molecule has 0 amide bonds. The molecule has 4 heteroatoms. The van der Waals surface area contributed by atoms with E-state index in [1.54, 1.807) is 0 Å². The van der Waals surface area contributed by atoms with Crippen molar-refractivity contribution in [3.63, 3.8) is 0 Å². The molecule has 1 aliphatic carbocycles. The molecule has 2 unspecified atom stereocenters. The van der Waals surface area contributed by atoms with E-state index in [4.69, 9.17) is 5.11 Å². The van der Waals surface area contributed by atoms with Gasteiger partial charge >= 0.3 is 5.97 Å². The van der Waals surface area contributed by atoms with E-state index in [0.717, 1.165) is 5.25 Å². The van der Waals surface area contributed by atoms with E-state index in [0.29, 0.717) is 12.6 Å². The number of carbonyl (C=O) groups is 1. The first kappa shape index (κ1) is 11.9. The van der Waals surface area contributed by atoms with Crippen molar-refractivity contribution in [2.24, 2.45) is 0 Å². The summed E-state index contributed by atoms with van der Waals surface area (Å²) in [5.74, 6) is 0.474. The van der Waals surface area contributed by atoms with Crippen molar-refractivity contribution < 1.29 is 9.90 Å². The van der Waals surface area contributed by atoms with Gasteiger partial charge in [0.05, 0.1) is 6.42 Å². The Bertz CT molecular complexity index is 187. The highest BCUT2D eigenvalue weighted by atomic mass is 32.2. The van der Waals surface area contributed by atoms with Crippen LogP contribution in [0, 0.1) is 0 Å². The predicted molar refractivity (Wildman–Crippen MR) is 59.8 cm³/mol. The van der Waals surface area contributed by atoms with Gasteiger partial charge in [0.25, 0.3) is 0 Å². The molecule has 0 bridgehead atoms. The van der Waals surface area contributed by atoms with Gasteiger partial charge in [-0.2, -0.15) is 11.8 Å². The number of hydrogen-bond donors (Lipinski definition) is 2. The van der Waals surface area contributed by atoms with E-state index in [-0.39, 0.29) is 6.42 Å². The van der Waals surface area contributed by atoms with Gasteiger partial charge in [0.2, 0.25) is 0 Å². The summed E-state index contributed by atoms with van der Waals surface area (Å²) < 4.78 is 0. The molecule has 2 N–H and O–H groups in total. The first-order chi connectivity index (χ1) is 6.72. The Morgan fingerprint density at radius 2 is 2.36 bits per heavy atom. The molecule has 0 saturated heterocycles. The highest BCUT2D eigenvalue weighted by Gasteiger charge is 2.23. The minimum absolute atomic E-state index is 0.238. The Balaban J connectivity index is 2.07. The van der Waals surface area contributed by atoms with E-state index in [1.807, 2.05) is 11.8 Å². The maximum Gasteiger partial charge on any atom is 0.304 e. The third-order valence-electron chi connectivity index (χ3n) is 2.56. The molecule has 0 spiro atoms. The van der Waals surface area contributed by atoms with Crippen molar-refractivity contribution in [2.75, 3.05) is 12.3 Å². The molecule has 0 aliphatic heterocycles. The van der Waals surface area contributed by atoms with Crippen LogP contribution in [0.5, 0.6) is 0 Å². The molecule has 1 rings (SSSR count). The zero-order chi connectivity index (χ0) is 10.4. The van der Waals surface area contributed by atoms with Gasteiger partial charge < -0.3 is 10.4 Å². The first-order valence-corrected chi connectivity index (χ1v) is 6.34. The van der Waals surface area contributed by atoms with Crippen LogP contribution in [0.15, 0.2) is 0 Å². The van der Waals surface area contributed by atoms with Crippen molar-refractivity contribution >= 4 is 17.7 Å². The molecule has 1 fully saturated rings. The second-order valence-electron chi connectivity index (χ2n) is 3.69. The summed E-state index contributed by atoms with van der Waals surface area (Å²) in [6.45, 7) is 2.80. The predicted octanol–water partition coefficient (Wildman–Crippen LogP) is 1.72. The summed E-state index contributed by atoms with van der Waals surface area (Å²) in [6.07, 6.45) is 3.93. The van der Waals surface area contributed by atoms with E-state index in [9.17, 15) is 4.79 Å². The van der Waals surface area contributed by atoms with Gasteiger partial charge in [-0.05, 0) is 25.0 Å². The van der Waals surface area contributed by atoms with Crippen LogP contribution >= 0.6 is 11.8 Å². The number of nitrogens with one attached hydrogen (secondary N) is 1. The van der Waals surface area contributed by atoms with Crippen LogP contribution in [0.4, 0.5) is 0 Å². The van der Waals surface area contributed by atoms with Crippen LogP contribution in [0.3, 0.4) is 0 Å². The maximum absolute atomic E-state index is 10.3. The lowest BCUT2D eigenvalue weighted by Crippen LogP contribution is -2.28. The Hall–Kier alpha value is -0.220. The van der Waals surface area contributed by atoms with Gasteiger partial charge in [0.1, 0.15) is 0 Å². The molecule has 14 heavy (non-hydrogen) atoms. The number of thioether (sulfide) groups is 1. The largest absolute Gasteiger partial charge is 0.481 e. The van der Waals surface area contributed by atoms with E-state index in [2.05, 4.69) is 12.2 Å². The monoisotopic (exact) mass is 217 g/mol. The normalized spacial score (nSPS) is 26.6. The Labute approximate surface area is 89.6 Å². The quantitative estimate of drug-likeness (QED) is 0.711. The molecule has 0 radical (unpaired) electrons. The molecule has 3 nitrogen and oxygen atoms in total. The fraction of sp³-hybridized carbons (Fsp3) is 0.900. The van der Waals surface area contributed by atoms with Crippen LogP contribution < -0.4 is 5.32 Å². The summed E-state index contributed by atoms with van der Waals surface area (Å²) >= 11 is 2.03. The standard InChI is InChI=1S/C10H19NO2S/c1-2-14-9-4-3-8(7-9)11-6-5-10(12)13/h8-9,11H,2-7H2,1H3,(H,12,13). The van der Waals surface area contributed by atoms with Crippen LogP contribution in [-0.4, -0.2) is 34.7 Å². The Morgan fingerprint density at radius 3 is 3.00 bits per heavy atom. The first-order valence-electron chi connectivity index (χ1n) is 5.29. The Morgan fingerprint density at radius 1 is 1.57 bits per heavy atom. The van der Waals surface area contributed by atoms with E-state index >= 15 is 0 Å². The van der Waals surface area contributed by atoms with Gasteiger partial charge in [-0.15, -0.1) is 0 Å². The average molecular weight is 217 g/mol. The molecule has 0 aromatic heterocycles. The number of hydrogen-bond acceptors (Lipinski definition) is 3. The number of carboxylic acids is 1. The smallest absolute Gasteiger partial charge is 0.304 e. The number of rotatable bonds is 6. The lowest BCUT2D eigenvalue weighted by Gasteiger charge is -2.11. The number of carboxylic acid groups (broad SMARTS) is 1. The zero-order valence-electron chi connectivity index (χ0n) is 8.66. The fourth-order valence-electron chi connectivity index (χ4n) is 1.90. The van der Waals surface area contributed by atoms with Crippen molar-refractivity contribution in [3.05, 3.63) is 0 Å². The molecule has 0 aromatic rings. The van der Waals surface area contributed by atoms with E-state index in [1.165, 1.54) is 25.0 Å². The average Bonchev–Trinajstić information content (AvgIpc) is 2.53. The van der Waals surface area contributed by atoms with Gasteiger partial charge in [-0.25, -0.2) is 0 Å². The van der Waals surface area contributed by atoms with Gasteiger partial charge in [0.15, 0.2) is 0 Å². The highest BCUT2D eigenvalue weighted by Crippen LogP contribution is 2.29. The maximum atomic E-state index is 10.3. The van der Waals surface area contributed by atoms with Gasteiger partial charge in [-0.1, -0.05) is 6.92 Å². The number of aliphatic carboxylic acids is 1. The van der Waals surface area contributed by atoms with Gasteiger partial charge in [-0.3, -0.25) is 4.79 Å². The van der Waals surface area contributed by atoms with Crippen LogP contribution in [-0.2, 0) is 4.79 Å². The lowest BCUT2D eigenvalue weighted by atomic mass is 10.2. The summed E-state index contributed by atoms with van der Waals surface area (Å²) in [5.41, 5.74) is 0. The summed E-state index contributed by atoms with van der Waals surface area (Å²) in [5, 5.41) is 12.6. The van der Waals surface area contributed by atoms with Crippen molar-refractivity contribution in [1.29, 1.82) is 0 Å². The van der Waals surface area contributed by atoms with Crippen LogP contribution in [0.2, 0.25) is 0 Å². The molecule has 0 aromatic carbocycles.